The third-order valence-electron chi connectivity index (χ3n) is 3.92. The van der Waals surface area contributed by atoms with Crippen LogP contribution in [0, 0.1) is 6.92 Å². The van der Waals surface area contributed by atoms with Crippen LogP contribution in [0.2, 0.25) is 5.02 Å². The summed E-state index contributed by atoms with van der Waals surface area (Å²) in [5.74, 6) is 1.23. The summed E-state index contributed by atoms with van der Waals surface area (Å²) in [5.41, 5.74) is -0.972. The number of halogens is 4. The van der Waals surface area contributed by atoms with E-state index >= 15 is 0 Å². The molecule has 9 heteroatoms. The molecule has 1 aliphatic rings. The van der Waals surface area contributed by atoms with Gasteiger partial charge in [-0.3, -0.25) is 0 Å². The molecule has 1 aromatic carbocycles. The third-order valence-corrected chi connectivity index (χ3v) is 4.16. The fraction of sp³-hybridized carbons (Fsp3) is 0.412. The molecule has 1 atom stereocenters. The second-order valence-corrected chi connectivity index (χ2v) is 6.45. The van der Waals surface area contributed by atoms with Crippen molar-refractivity contribution in [1.29, 1.82) is 0 Å². The lowest BCUT2D eigenvalue weighted by Gasteiger charge is -2.16. The van der Waals surface area contributed by atoms with Crippen LogP contribution in [0.3, 0.4) is 0 Å². The monoisotopic (exact) mass is 386 g/mol. The van der Waals surface area contributed by atoms with Crippen molar-refractivity contribution >= 4 is 28.9 Å². The zero-order chi connectivity index (χ0) is 18.7. The molecule has 140 valence electrons. The highest BCUT2D eigenvalue weighted by atomic mass is 35.5. The maximum Gasteiger partial charge on any atom is 0.418 e. The van der Waals surface area contributed by atoms with Crippen molar-refractivity contribution in [1.82, 2.24) is 9.97 Å². The van der Waals surface area contributed by atoms with E-state index in [1.807, 2.05) is 0 Å². The number of hydrogen-bond acceptors (Lipinski definition) is 5. The number of aromatic nitrogens is 2. The Balaban J connectivity index is 1.79. The van der Waals surface area contributed by atoms with E-state index in [4.69, 9.17) is 16.3 Å². The summed E-state index contributed by atoms with van der Waals surface area (Å²) in [6.45, 7) is 3.01. The van der Waals surface area contributed by atoms with E-state index in [1.54, 1.807) is 13.0 Å². The third kappa shape index (κ3) is 4.76. The molecule has 0 saturated carbocycles. The molecule has 1 fully saturated rings. The summed E-state index contributed by atoms with van der Waals surface area (Å²) in [6, 6.07) is 5.12. The maximum absolute atomic E-state index is 13.2. The number of nitrogens with zero attached hydrogens (tertiary/aromatic N) is 2. The Hall–Kier alpha value is -2.06. The van der Waals surface area contributed by atoms with Gasteiger partial charge in [0.2, 0.25) is 0 Å². The van der Waals surface area contributed by atoms with Gasteiger partial charge in [0.1, 0.15) is 17.5 Å². The van der Waals surface area contributed by atoms with Crippen molar-refractivity contribution in [2.75, 3.05) is 23.8 Å². The number of aryl methyl sites for hydroxylation is 1. The summed E-state index contributed by atoms with van der Waals surface area (Å²) >= 11 is 5.70. The first kappa shape index (κ1) is 18.7. The molecule has 1 saturated heterocycles. The Bertz CT molecular complexity index is 779. The summed E-state index contributed by atoms with van der Waals surface area (Å²) in [5, 5.41) is 5.88. The molecule has 1 aliphatic heterocycles. The van der Waals surface area contributed by atoms with Crippen LogP contribution in [0.25, 0.3) is 0 Å². The Morgan fingerprint density at radius 3 is 2.69 bits per heavy atom. The highest BCUT2D eigenvalue weighted by Crippen LogP contribution is 2.37. The van der Waals surface area contributed by atoms with Crippen molar-refractivity contribution in [3.8, 4) is 0 Å². The number of hydrogen-bond donors (Lipinski definition) is 2. The van der Waals surface area contributed by atoms with Gasteiger partial charge < -0.3 is 15.4 Å². The van der Waals surface area contributed by atoms with E-state index in [0.29, 0.717) is 18.2 Å². The topological polar surface area (TPSA) is 59.1 Å². The van der Waals surface area contributed by atoms with Crippen LogP contribution < -0.4 is 10.6 Å². The highest BCUT2D eigenvalue weighted by Gasteiger charge is 2.34. The summed E-state index contributed by atoms with van der Waals surface area (Å²) in [7, 11) is 0. The van der Waals surface area contributed by atoms with E-state index in [9.17, 15) is 13.2 Å². The molecular weight excluding hydrogens is 369 g/mol. The van der Waals surface area contributed by atoms with E-state index in [1.165, 1.54) is 12.1 Å². The highest BCUT2D eigenvalue weighted by molar-refractivity contribution is 6.30. The molecule has 26 heavy (non-hydrogen) atoms. The van der Waals surface area contributed by atoms with E-state index in [2.05, 4.69) is 20.6 Å². The quantitative estimate of drug-likeness (QED) is 0.773. The molecule has 0 radical (unpaired) electrons. The number of ether oxygens (including phenoxy) is 1. The van der Waals surface area contributed by atoms with Gasteiger partial charge in [0, 0.05) is 24.2 Å². The molecule has 2 aromatic rings. The normalized spacial score (nSPS) is 17.3. The van der Waals surface area contributed by atoms with Gasteiger partial charge in [-0.2, -0.15) is 13.2 Å². The van der Waals surface area contributed by atoms with E-state index < -0.39 is 11.7 Å². The summed E-state index contributed by atoms with van der Waals surface area (Å²) < 4.78 is 45.2. The molecule has 0 spiro atoms. The van der Waals surface area contributed by atoms with Crippen LogP contribution in [-0.2, 0) is 10.9 Å². The zero-order valence-corrected chi connectivity index (χ0v) is 14.8. The maximum atomic E-state index is 13.2. The first-order chi connectivity index (χ1) is 12.3. The molecule has 0 bridgehead atoms. The number of nitrogens with one attached hydrogen (secondary N) is 2. The first-order valence-electron chi connectivity index (χ1n) is 8.16. The number of benzene rings is 1. The van der Waals surface area contributed by atoms with Gasteiger partial charge in [-0.05, 0) is 38.0 Å². The predicted molar refractivity (Wildman–Crippen MR) is 94.0 cm³/mol. The van der Waals surface area contributed by atoms with Crippen LogP contribution in [0.15, 0.2) is 24.3 Å². The zero-order valence-electron chi connectivity index (χ0n) is 14.0. The number of rotatable bonds is 5. The SMILES string of the molecule is Cc1nc(NCC2CCCO2)cc(Nc2ccc(Cl)cc2C(F)(F)F)n1. The van der Waals surface area contributed by atoms with Gasteiger partial charge >= 0.3 is 6.18 Å². The first-order valence-corrected chi connectivity index (χ1v) is 8.54. The summed E-state index contributed by atoms with van der Waals surface area (Å²) in [6.07, 6.45) is -2.41. The smallest absolute Gasteiger partial charge is 0.376 e. The molecule has 5 nitrogen and oxygen atoms in total. The van der Waals surface area contributed by atoms with Gasteiger partial charge in [0.25, 0.3) is 0 Å². The second-order valence-electron chi connectivity index (χ2n) is 6.01. The Labute approximate surface area is 153 Å². The average molecular weight is 387 g/mol. The Kier molecular flexibility index (Phi) is 5.52. The van der Waals surface area contributed by atoms with Gasteiger partial charge in [-0.1, -0.05) is 11.6 Å². The standard InChI is InChI=1S/C17H18ClF3N4O/c1-10-23-15(22-9-12-3-2-6-26-12)8-16(24-10)25-14-5-4-11(18)7-13(14)17(19,20)21/h4-5,7-8,12H,2-3,6,9H2,1H3,(H2,22,23,24,25). The summed E-state index contributed by atoms with van der Waals surface area (Å²) in [4.78, 5) is 8.42. The number of anilines is 3. The van der Waals surface area contributed by atoms with Crippen LogP contribution in [0.5, 0.6) is 0 Å². The van der Waals surface area contributed by atoms with E-state index in [0.717, 1.165) is 25.5 Å². The molecule has 2 heterocycles. The predicted octanol–water partition coefficient (Wildman–Crippen LogP) is 4.79. The molecule has 0 aliphatic carbocycles. The average Bonchev–Trinajstić information content (AvgIpc) is 3.07. The molecule has 1 aromatic heterocycles. The lowest BCUT2D eigenvalue weighted by atomic mass is 10.1. The molecule has 2 N–H and O–H groups in total. The van der Waals surface area contributed by atoms with Crippen LogP contribution in [0.1, 0.15) is 24.2 Å². The molecular formula is C17H18ClF3N4O. The van der Waals surface area contributed by atoms with Crippen molar-refractivity contribution in [2.45, 2.75) is 32.0 Å². The van der Waals surface area contributed by atoms with Crippen LogP contribution in [0.4, 0.5) is 30.5 Å². The fourth-order valence-electron chi connectivity index (χ4n) is 2.74. The second kappa shape index (κ2) is 7.67. The molecule has 0 amide bonds. The van der Waals surface area contributed by atoms with Crippen molar-refractivity contribution in [2.24, 2.45) is 0 Å². The van der Waals surface area contributed by atoms with Crippen molar-refractivity contribution in [3.05, 3.63) is 40.7 Å². The largest absolute Gasteiger partial charge is 0.418 e. The molecule has 1 unspecified atom stereocenters. The Morgan fingerprint density at radius 1 is 1.23 bits per heavy atom. The van der Waals surface area contributed by atoms with Gasteiger partial charge in [-0.15, -0.1) is 0 Å². The minimum Gasteiger partial charge on any atom is -0.376 e. The Morgan fingerprint density at radius 2 is 2.00 bits per heavy atom. The minimum atomic E-state index is -4.53. The van der Waals surface area contributed by atoms with Crippen molar-refractivity contribution < 1.29 is 17.9 Å². The van der Waals surface area contributed by atoms with E-state index in [-0.39, 0.29) is 22.6 Å². The van der Waals surface area contributed by atoms with Crippen LogP contribution >= 0.6 is 11.6 Å². The fourth-order valence-corrected chi connectivity index (χ4v) is 2.92. The lowest BCUT2D eigenvalue weighted by molar-refractivity contribution is -0.136. The van der Waals surface area contributed by atoms with Gasteiger partial charge in [-0.25, -0.2) is 9.97 Å². The lowest BCUT2D eigenvalue weighted by Crippen LogP contribution is -2.19. The molecule has 3 rings (SSSR count). The minimum absolute atomic E-state index is 0.0145. The van der Waals surface area contributed by atoms with Gasteiger partial charge in [0.15, 0.2) is 0 Å². The van der Waals surface area contributed by atoms with Gasteiger partial charge in [0.05, 0.1) is 17.4 Å². The van der Waals surface area contributed by atoms with Crippen LogP contribution in [-0.4, -0.2) is 29.2 Å². The van der Waals surface area contributed by atoms with Crippen molar-refractivity contribution in [3.63, 3.8) is 0 Å². The number of alkyl halides is 3.